The number of carbonyl (C=O) groups is 3. The average molecular weight is 675 g/mol. The molecule has 0 bridgehead atoms. The first kappa shape index (κ1) is 32.2. The van der Waals surface area contributed by atoms with E-state index in [1.807, 2.05) is 0 Å². The number of anilines is 1. The molecular weight excluding hydrogens is 642 g/mol. The molecule has 3 aliphatic heterocycles. The monoisotopic (exact) mass is 673 g/mol. The van der Waals surface area contributed by atoms with Gasteiger partial charge in [-0.2, -0.15) is 0 Å². The standard InChI is InChI=1S/C34H32Cl2F3N3O4/c1-18-4-7-21(37)16-22(18)29-34(24-8-5-20(36)15-26(24)40-30(34)44)25(17-28(43)41-29)23-14-19(35)6-9-27(23)46-32(2,3)31(45)42-12-10-33(38,39)11-13-42/h4-9,14-16,25,29H,10-13,17H2,1-3H3,(H,40,44)(H,41,43)/t25-,29+,34?/m1/s1. The first-order chi connectivity index (χ1) is 21.6. The van der Waals surface area contributed by atoms with E-state index in [0.717, 1.165) is 0 Å². The molecule has 242 valence electrons. The second-order valence-electron chi connectivity index (χ2n) is 12.7. The summed E-state index contributed by atoms with van der Waals surface area (Å²) in [5, 5.41) is 6.58. The third kappa shape index (κ3) is 5.49. The van der Waals surface area contributed by atoms with Gasteiger partial charge in [0.05, 0.1) is 6.04 Å². The molecule has 2 fully saturated rings. The molecule has 0 radical (unpaired) electrons. The predicted molar refractivity (Wildman–Crippen MR) is 168 cm³/mol. The fourth-order valence-corrected chi connectivity index (χ4v) is 7.42. The van der Waals surface area contributed by atoms with Crippen LogP contribution in [0.4, 0.5) is 18.9 Å². The number of ether oxygens (including phenoxy) is 1. The summed E-state index contributed by atoms with van der Waals surface area (Å²) in [6.45, 7) is 4.62. The summed E-state index contributed by atoms with van der Waals surface area (Å²) in [5.41, 5.74) is -0.606. The van der Waals surface area contributed by atoms with Gasteiger partial charge in [0.1, 0.15) is 17.0 Å². The molecule has 46 heavy (non-hydrogen) atoms. The summed E-state index contributed by atoms with van der Waals surface area (Å²) in [7, 11) is 0. The number of halogens is 5. The van der Waals surface area contributed by atoms with E-state index >= 15 is 0 Å². The van der Waals surface area contributed by atoms with Crippen molar-refractivity contribution in [3.8, 4) is 5.75 Å². The summed E-state index contributed by atoms with van der Waals surface area (Å²) < 4.78 is 48.8. The number of fused-ring (bicyclic) bond motifs is 2. The SMILES string of the molecule is Cc1ccc(F)cc1[C@@H]1NC(=O)C[C@H](c2cc(Cl)ccc2OC(C)(C)C(=O)N2CCC(F)(F)CC2)C12C(=O)Nc1cc(Cl)ccc12. The minimum atomic E-state index is -2.83. The van der Waals surface area contributed by atoms with Gasteiger partial charge in [-0.3, -0.25) is 14.4 Å². The number of hydrogen-bond acceptors (Lipinski definition) is 4. The highest BCUT2D eigenvalue weighted by Crippen LogP contribution is 2.59. The molecule has 2 saturated heterocycles. The van der Waals surface area contributed by atoms with Crippen molar-refractivity contribution in [3.05, 3.63) is 92.7 Å². The summed E-state index contributed by atoms with van der Waals surface area (Å²) in [6, 6.07) is 12.9. The van der Waals surface area contributed by atoms with Crippen LogP contribution in [0.25, 0.3) is 0 Å². The summed E-state index contributed by atoms with van der Waals surface area (Å²) in [5.74, 6) is -5.41. The fourth-order valence-electron chi connectivity index (χ4n) is 7.06. The second kappa shape index (κ2) is 11.5. The van der Waals surface area contributed by atoms with Crippen LogP contribution in [-0.4, -0.2) is 47.2 Å². The third-order valence-corrected chi connectivity index (χ3v) is 9.78. The molecule has 0 aliphatic carbocycles. The highest BCUT2D eigenvalue weighted by Gasteiger charge is 2.62. The zero-order valence-corrected chi connectivity index (χ0v) is 26.9. The Morgan fingerprint density at radius 2 is 1.65 bits per heavy atom. The van der Waals surface area contributed by atoms with Gasteiger partial charge in [0.25, 0.3) is 11.8 Å². The number of aryl methyl sites for hydroxylation is 1. The maximum absolute atomic E-state index is 14.8. The highest BCUT2D eigenvalue weighted by atomic mass is 35.5. The van der Waals surface area contributed by atoms with Crippen molar-refractivity contribution in [2.75, 3.05) is 18.4 Å². The predicted octanol–water partition coefficient (Wildman–Crippen LogP) is 7.09. The van der Waals surface area contributed by atoms with E-state index in [9.17, 15) is 27.6 Å². The number of carbonyl (C=O) groups excluding carboxylic acids is 3. The van der Waals surface area contributed by atoms with E-state index in [-0.39, 0.29) is 25.3 Å². The lowest BCUT2D eigenvalue weighted by Gasteiger charge is -2.47. The maximum atomic E-state index is 14.8. The van der Waals surface area contributed by atoms with E-state index in [2.05, 4.69) is 10.6 Å². The Balaban J connectivity index is 1.50. The smallest absolute Gasteiger partial charge is 0.266 e. The van der Waals surface area contributed by atoms with E-state index in [1.54, 1.807) is 63.2 Å². The Morgan fingerprint density at radius 1 is 0.978 bits per heavy atom. The molecule has 12 heteroatoms. The van der Waals surface area contributed by atoms with Gasteiger partial charge in [-0.1, -0.05) is 35.3 Å². The van der Waals surface area contributed by atoms with Gasteiger partial charge < -0.3 is 20.3 Å². The van der Waals surface area contributed by atoms with Crippen LogP contribution in [-0.2, 0) is 19.8 Å². The Labute approximate surface area is 274 Å². The van der Waals surface area contributed by atoms with Crippen LogP contribution in [0.2, 0.25) is 10.0 Å². The number of alkyl halides is 2. The van der Waals surface area contributed by atoms with Crippen LogP contribution < -0.4 is 15.4 Å². The van der Waals surface area contributed by atoms with Crippen LogP contribution in [0, 0.1) is 12.7 Å². The zero-order valence-electron chi connectivity index (χ0n) is 25.4. The van der Waals surface area contributed by atoms with Gasteiger partial charge in [-0.05, 0) is 79.9 Å². The Hall–Kier alpha value is -3.76. The average Bonchev–Trinajstić information content (AvgIpc) is 3.26. The molecular formula is C34H32Cl2F3N3O4. The van der Waals surface area contributed by atoms with Gasteiger partial charge in [-0.25, -0.2) is 13.2 Å². The molecule has 1 unspecified atom stereocenters. The molecule has 0 saturated carbocycles. The molecule has 3 aliphatic rings. The lowest BCUT2D eigenvalue weighted by atomic mass is 9.59. The molecule has 0 aromatic heterocycles. The number of benzene rings is 3. The summed E-state index contributed by atoms with van der Waals surface area (Å²) >= 11 is 12.9. The van der Waals surface area contributed by atoms with Crippen LogP contribution in [0.1, 0.15) is 67.3 Å². The third-order valence-electron chi connectivity index (χ3n) is 9.31. The lowest BCUT2D eigenvalue weighted by molar-refractivity contribution is -0.151. The van der Waals surface area contributed by atoms with E-state index < -0.39 is 65.3 Å². The fraction of sp³-hybridized carbons (Fsp3) is 0.382. The molecule has 2 N–H and O–H groups in total. The van der Waals surface area contributed by atoms with Gasteiger partial charge in [-0.15, -0.1) is 0 Å². The first-order valence-corrected chi connectivity index (χ1v) is 15.7. The lowest BCUT2D eigenvalue weighted by Crippen LogP contribution is -2.57. The van der Waals surface area contributed by atoms with Gasteiger partial charge in [0.15, 0.2) is 5.60 Å². The molecule has 7 nitrogen and oxygen atoms in total. The van der Waals surface area contributed by atoms with Crippen LogP contribution in [0.5, 0.6) is 5.75 Å². The Kier molecular flexibility index (Phi) is 8.04. The molecule has 6 rings (SSSR count). The van der Waals surface area contributed by atoms with E-state index in [0.29, 0.717) is 38.0 Å². The van der Waals surface area contributed by atoms with Crippen molar-refractivity contribution in [1.82, 2.24) is 10.2 Å². The van der Waals surface area contributed by atoms with E-state index in [4.69, 9.17) is 27.9 Å². The van der Waals surface area contributed by atoms with Crippen molar-refractivity contribution < 1.29 is 32.3 Å². The molecule has 3 aromatic rings. The van der Waals surface area contributed by atoms with Crippen molar-refractivity contribution >= 4 is 46.6 Å². The van der Waals surface area contributed by atoms with Gasteiger partial charge in [0, 0.05) is 59.6 Å². The number of amides is 3. The maximum Gasteiger partial charge on any atom is 0.266 e. The van der Waals surface area contributed by atoms with Crippen molar-refractivity contribution in [2.45, 2.75) is 68.9 Å². The molecule has 3 heterocycles. The van der Waals surface area contributed by atoms with Crippen LogP contribution >= 0.6 is 23.2 Å². The quantitative estimate of drug-likeness (QED) is 0.303. The molecule has 3 amide bonds. The summed E-state index contributed by atoms with van der Waals surface area (Å²) in [4.78, 5) is 42.9. The van der Waals surface area contributed by atoms with E-state index in [1.165, 1.54) is 17.0 Å². The number of piperidine rings is 2. The highest BCUT2D eigenvalue weighted by molar-refractivity contribution is 6.31. The molecule has 3 atom stereocenters. The van der Waals surface area contributed by atoms with Gasteiger partial charge >= 0.3 is 0 Å². The van der Waals surface area contributed by atoms with Crippen LogP contribution in [0.3, 0.4) is 0 Å². The minimum absolute atomic E-state index is 0.119. The largest absolute Gasteiger partial charge is 0.478 e. The zero-order chi connectivity index (χ0) is 33.2. The number of nitrogens with zero attached hydrogens (tertiary/aromatic N) is 1. The first-order valence-electron chi connectivity index (χ1n) is 14.9. The van der Waals surface area contributed by atoms with Crippen molar-refractivity contribution in [1.29, 1.82) is 0 Å². The normalized spacial score (nSPS) is 24.0. The van der Waals surface area contributed by atoms with Gasteiger partial charge in [0.2, 0.25) is 11.8 Å². The van der Waals surface area contributed by atoms with Crippen molar-refractivity contribution in [3.63, 3.8) is 0 Å². The van der Waals surface area contributed by atoms with Crippen molar-refractivity contribution in [2.24, 2.45) is 0 Å². The molecule has 1 spiro atoms. The Morgan fingerprint density at radius 3 is 2.37 bits per heavy atom. The number of hydrogen-bond donors (Lipinski definition) is 2. The molecule has 3 aromatic carbocycles. The summed E-state index contributed by atoms with van der Waals surface area (Å²) in [6.07, 6.45) is -1.06. The van der Waals surface area contributed by atoms with Crippen LogP contribution in [0.15, 0.2) is 54.6 Å². The topological polar surface area (TPSA) is 87.7 Å². The number of likely N-dealkylation sites (tertiary alicyclic amines) is 1. The minimum Gasteiger partial charge on any atom is -0.478 e. The number of rotatable bonds is 5. The number of nitrogens with one attached hydrogen (secondary N) is 2. The Bertz CT molecular complexity index is 1760. The second-order valence-corrected chi connectivity index (χ2v) is 13.6.